The zero-order valence-electron chi connectivity index (χ0n) is 16.6. The largest absolute Gasteiger partial charge is 0.347 e. The summed E-state index contributed by atoms with van der Waals surface area (Å²) in [6.07, 6.45) is 3.26. The number of piperidine rings is 1. The van der Waals surface area contributed by atoms with Gasteiger partial charge >= 0.3 is 0 Å². The number of nitrogens with zero attached hydrogens (tertiary/aromatic N) is 1. The Morgan fingerprint density at radius 1 is 1.00 bits per heavy atom. The van der Waals surface area contributed by atoms with Crippen LogP contribution < -0.4 is 11.1 Å². The zero-order valence-corrected chi connectivity index (χ0v) is 17.4. The lowest BCUT2D eigenvalue weighted by atomic mass is 9.90. The van der Waals surface area contributed by atoms with Gasteiger partial charge in [-0.25, -0.2) is 0 Å². The molecular formula is C23H30ClN3O2. The van der Waals surface area contributed by atoms with Crippen LogP contribution in [-0.2, 0) is 16.0 Å². The maximum Gasteiger partial charge on any atom is 0.241 e. The third-order valence-corrected chi connectivity index (χ3v) is 5.40. The van der Waals surface area contributed by atoms with E-state index in [9.17, 15) is 9.59 Å². The molecule has 5 nitrogen and oxygen atoms in total. The summed E-state index contributed by atoms with van der Waals surface area (Å²) in [7, 11) is 0. The Labute approximate surface area is 179 Å². The van der Waals surface area contributed by atoms with E-state index in [4.69, 9.17) is 5.73 Å². The van der Waals surface area contributed by atoms with Crippen LogP contribution >= 0.6 is 12.4 Å². The van der Waals surface area contributed by atoms with Crippen LogP contribution in [0.5, 0.6) is 0 Å². The Bertz CT molecular complexity index is 762. The highest BCUT2D eigenvalue weighted by molar-refractivity contribution is 5.85. The number of likely N-dealkylation sites (tertiary alicyclic amines) is 1. The first-order chi connectivity index (χ1) is 13.6. The van der Waals surface area contributed by atoms with Gasteiger partial charge in [0.25, 0.3) is 0 Å². The summed E-state index contributed by atoms with van der Waals surface area (Å²) in [5.74, 6) is 0.411. The van der Waals surface area contributed by atoms with E-state index in [0.29, 0.717) is 5.92 Å². The third-order valence-electron chi connectivity index (χ3n) is 5.40. The predicted octanol–water partition coefficient (Wildman–Crippen LogP) is 3.10. The van der Waals surface area contributed by atoms with Crippen molar-refractivity contribution in [2.45, 2.75) is 31.7 Å². The second kappa shape index (κ2) is 11.6. The Balaban J connectivity index is 0.00000300. The Hall–Kier alpha value is -2.37. The van der Waals surface area contributed by atoms with Crippen LogP contribution in [0.4, 0.5) is 0 Å². The van der Waals surface area contributed by atoms with Crippen molar-refractivity contribution in [3.63, 3.8) is 0 Å². The molecule has 0 saturated carbocycles. The first-order valence-electron chi connectivity index (χ1n) is 10.0. The van der Waals surface area contributed by atoms with Crippen LogP contribution in [-0.4, -0.2) is 36.3 Å². The van der Waals surface area contributed by atoms with Crippen molar-refractivity contribution in [3.8, 4) is 0 Å². The van der Waals surface area contributed by atoms with Gasteiger partial charge in [-0.05, 0) is 36.3 Å². The SMILES string of the molecule is Cl.NC(CC(=O)NCC(=O)N1CCC(Cc2ccccc2)CC1)c1ccccc1. The molecule has 1 saturated heterocycles. The van der Waals surface area contributed by atoms with Crippen LogP contribution in [0.2, 0.25) is 0 Å². The topological polar surface area (TPSA) is 75.4 Å². The summed E-state index contributed by atoms with van der Waals surface area (Å²) in [6, 6.07) is 19.7. The Kier molecular flexibility index (Phi) is 9.16. The van der Waals surface area contributed by atoms with Gasteiger partial charge in [0.05, 0.1) is 6.54 Å². The number of nitrogens with two attached hydrogens (primary N) is 1. The van der Waals surface area contributed by atoms with E-state index in [1.807, 2.05) is 41.3 Å². The number of rotatable bonds is 7. The van der Waals surface area contributed by atoms with Gasteiger partial charge in [-0.3, -0.25) is 9.59 Å². The highest BCUT2D eigenvalue weighted by Gasteiger charge is 2.23. The minimum Gasteiger partial charge on any atom is -0.347 e. The van der Waals surface area contributed by atoms with Gasteiger partial charge in [0.1, 0.15) is 0 Å². The molecule has 1 aliphatic heterocycles. The minimum absolute atomic E-state index is 0. The molecule has 2 aromatic carbocycles. The summed E-state index contributed by atoms with van der Waals surface area (Å²) in [5, 5.41) is 2.72. The van der Waals surface area contributed by atoms with E-state index in [-0.39, 0.29) is 43.2 Å². The second-order valence-corrected chi connectivity index (χ2v) is 7.51. The molecule has 0 bridgehead atoms. The summed E-state index contributed by atoms with van der Waals surface area (Å²) >= 11 is 0. The lowest BCUT2D eigenvalue weighted by Crippen LogP contribution is -2.44. The molecule has 0 aliphatic carbocycles. The van der Waals surface area contributed by atoms with Gasteiger partial charge in [0.15, 0.2) is 0 Å². The van der Waals surface area contributed by atoms with E-state index in [2.05, 4.69) is 29.6 Å². The maximum atomic E-state index is 12.4. The number of nitrogens with one attached hydrogen (secondary N) is 1. The molecule has 1 aliphatic rings. The smallest absolute Gasteiger partial charge is 0.241 e. The van der Waals surface area contributed by atoms with Crippen molar-refractivity contribution in [1.82, 2.24) is 10.2 Å². The number of hydrogen-bond donors (Lipinski definition) is 2. The first kappa shape index (κ1) is 22.9. The van der Waals surface area contributed by atoms with Crippen LogP contribution in [0.25, 0.3) is 0 Å². The molecule has 3 rings (SSSR count). The highest BCUT2D eigenvalue weighted by atomic mass is 35.5. The fraction of sp³-hybridized carbons (Fsp3) is 0.391. The molecular weight excluding hydrogens is 386 g/mol. The van der Waals surface area contributed by atoms with Crippen molar-refractivity contribution < 1.29 is 9.59 Å². The average molecular weight is 416 g/mol. The summed E-state index contributed by atoms with van der Waals surface area (Å²) in [6.45, 7) is 1.56. The van der Waals surface area contributed by atoms with Crippen molar-refractivity contribution >= 4 is 24.2 Å². The standard InChI is InChI=1S/C23H29N3O2.ClH/c24-21(20-9-5-2-6-10-20)16-22(27)25-17-23(28)26-13-11-19(12-14-26)15-18-7-3-1-4-8-18;/h1-10,19,21H,11-17,24H2,(H,25,27);1H. The molecule has 2 aromatic rings. The van der Waals surface area contributed by atoms with E-state index < -0.39 is 0 Å². The van der Waals surface area contributed by atoms with Gasteiger partial charge in [-0.2, -0.15) is 0 Å². The average Bonchev–Trinajstić information content (AvgIpc) is 2.74. The molecule has 3 N–H and O–H groups in total. The monoisotopic (exact) mass is 415 g/mol. The normalized spacial score (nSPS) is 15.3. The van der Waals surface area contributed by atoms with Gasteiger partial charge in [0, 0.05) is 25.6 Å². The summed E-state index contributed by atoms with van der Waals surface area (Å²) in [5.41, 5.74) is 8.34. The summed E-state index contributed by atoms with van der Waals surface area (Å²) in [4.78, 5) is 26.4. The lowest BCUT2D eigenvalue weighted by Gasteiger charge is -2.32. The van der Waals surface area contributed by atoms with Crippen molar-refractivity contribution in [3.05, 3.63) is 71.8 Å². The quantitative estimate of drug-likeness (QED) is 0.729. The molecule has 1 atom stereocenters. The first-order valence-corrected chi connectivity index (χ1v) is 10.0. The van der Waals surface area contributed by atoms with E-state index in [0.717, 1.165) is 37.9 Å². The Morgan fingerprint density at radius 2 is 1.59 bits per heavy atom. The Morgan fingerprint density at radius 3 is 2.21 bits per heavy atom. The third kappa shape index (κ3) is 7.18. The van der Waals surface area contributed by atoms with Crippen LogP contribution in [0.3, 0.4) is 0 Å². The predicted molar refractivity (Wildman–Crippen MR) is 118 cm³/mol. The number of hydrogen-bond acceptors (Lipinski definition) is 3. The fourth-order valence-electron chi connectivity index (χ4n) is 3.71. The summed E-state index contributed by atoms with van der Waals surface area (Å²) < 4.78 is 0. The minimum atomic E-state index is -0.356. The van der Waals surface area contributed by atoms with Crippen LogP contribution in [0, 0.1) is 5.92 Å². The number of carbonyl (C=O) groups excluding carboxylic acids is 2. The van der Waals surface area contributed by atoms with Gasteiger partial charge in [-0.1, -0.05) is 60.7 Å². The van der Waals surface area contributed by atoms with Gasteiger partial charge in [-0.15, -0.1) is 12.4 Å². The van der Waals surface area contributed by atoms with Crippen molar-refractivity contribution in [2.75, 3.05) is 19.6 Å². The number of amides is 2. The second-order valence-electron chi connectivity index (χ2n) is 7.51. The molecule has 1 fully saturated rings. The van der Waals surface area contributed by atoms with Crippen molar-refractivity contribution in [1.29, 1.82) is 0 Å². The molecule has 0 aromatic heterocycles. The van der Waals surface area contributed by atoms with E-state index in [1.165, 1.54) is 5.56 Å². The molecule has 0 spiro atoms. The van der Waals surface area contributed by atoms with Crippen LogP contribution in [0.1, 0.15) is 36.4 Å². The zero-order chi connectivity index (χ0) is 19.8. The van der Waals surface area contributed by atoms with Crippen molar-refractivity contribution in [2.24, 2.45) is 11.7 Å². The molecule has 0 radical (unpaired) electrons. The lowest BCUT2D eigenvalue weighted by molar-refractivity contribution is -0.134. The molecule has 1 heterocycles. The number of halogens is 1. The molecule has 2 amide bonds. The van der Waals surface area contributed by atoms with Gasteiger partial charge < -0.3 is 16.0 Å². The highest BCUT2D eigenvalue weighted by Crippen LogP contribution is 2.21. The fourth-order valence-corrected chi connectivity index (χ4v) is 3.71. The van der Waals surface area contributed by atoms with Crippen LogP contribution in [0.15, 0.2) is 60.7 Å². The van der Waals surface area contributed by atoms with E-state index in [1.54, 1.807) is 0 Å². The molecule has 156 valence electrons. The molecule has 29 heavy (non-hydrogen) atoms. The number of carbonyl (C=O) groups is 2. The molecule has 6 heteroatoms. The van der Waals surface area contributed by atoms with Gasteiger partial charge in [0.2, 0.25) is 11.8 Å². The molecule has 1 unspecified atom stereocenters. The van der Waals surface area contributed by atoms with E-state index >= 15 is 0 Å². The maximum absolute atomic E-state index is 12.4. The number of benzene rings is 2.